The molecule has 1 amide bonds. The molecule has 7 nitrogen and oxygen atoms in total. The lowest BCUT2D eigenvalue weighted by Crippen LogP contribution is -2.22. The van der Waals surface area contributed by atoms with Crippen molar-refractivity contribution in [1.29, 1.82) is 0 Å². The van der Waals surface area contributed by atoms with Crippen molar-refractivity contribution in [1.82, 2.24) is 14.1 Å². The molecule has 5 rings (SSSR count). The molecule has 10 heteroatoms. The standard InChI is InChI=1S/C29H27N5O2S3/c1-4-19-10-14-23(15-11-19)33-26-25(39-29(33)37)27(36)34(22-8-6-5-7-9-22)28(31-26)38-18-24(35)30-20-12-16-21(17-13-20)32(2)3/h5-17H,4,18H2,1-3H3,(H,30,35). The van der Waals surface area contributed by atoms with E-state index in [9.17, 15) is 9.59 Å². The van der Waals surface area contributed by atoms with Gasteiger partial charge in [-0.25, -0.2) is 4.98 Å². The molecule has 0 bridgehead atoms. The Bertz CT molecular complexity index is 1740. The van der Waals surface area contributed by atoms with Crippen LogP contribution in [0.5, 0.6) is 0 Å². The number of thioether (sulfide) groups is 1. The number of nitrogens with zero attached hydrogens (tertiary/aromatic N) is 4. The second-order valence-electron chi connectivity index (χ2n) is 9.02. The van der Waals surface area contributed by atoms with Gasteiger partial charge in [0.15, 0.2) is 14.8 Å². The third-order valence-electron chi connectivity index (χ3n) is 6.19. The number of aryl methyl sites for hydroxylation is 1. The van der Waals surface area contributed by atoms with Crippen molar-refractivity contribution in [3.63, 3.8) is 0 Å². The van der Waals surface area contributed by atoms with Gasteiger partial charge in [-0.3, -0.25) is 18.7 Å². The molecule has 0 saturated heterocycles. The summed E-state index contributed by atoms with van der Waals surface area (Å²) in [6.45, 7) is 2.10. The molecular weight excluding hydrogens is 547 g/mol. The van der Waals surface area contributed by atoms with Crippen LogP contribution in [0.2, 0.25) is 0 Å². The number of carbonyl (C=O) groups excluding carboxylic acids is 1. The second kappa shape index (κ2) is 11.6. The van der Waals surface area contributed by atoms with E-state index in [1.165, 1.54) is 28.7 Å². The Balaban J connectivity index is 1.52. The third kappa shape index (κ3) is 5.68. The summed E-state index contributed by atoms with van der Waals surface area (Å²) in [5, 5.41) is 3.35. The van der Waals surface area contributed by atoms with Crippen LogP contribution in [0.15, 0.2) is 88.8 Å². The van der Waals surface area contributed by atoms with Gasteiger partial charge < -0.3 is 10.2 Å². The lowest BCUT2D eigenvalue weighted by Gasteiger charge is -2.14. The van der Waals surface area contributed by atoms with Crippen LogP contribution in [-0.2, 0) is 11.2 Å². The molecule has 5 aromatic rings. The fraction of sp³-hybridized carbons (Fsp3) is 0.172. The number of benzene rings is 3. The van der Waals surface area contributed by atoms with E-state index in [0.717, 1.165) is 17.8 Å². The van der Waals surface area contributed by atoms with Crippen LogP contribution in [0.1, 0.15) is 12.5 Å². The van der Waals surface area contributed by atoms with Crippen LogP contribution in [0.25, 0.3) is 21.7 Å². The maximum absolute atomic E-state index is 13.8. The average molecular weight is 574 g/mol. The van der Waals surface area contributed by atoms with Crippen molar-refractivity contribution < 1.29 is 4.79 Å². The van der Waals surface area contributed by atoms with E-state index >= 15 is 0 Å². The Labute approximate surface area is 239 Å². The van der Waals surface area contributed by atoms with Crippen molar-refractivity contribution in [2.75, 3.05) is 30.1 Å². The van der Waals surface area contributed by atoms with Gasteiger partial charge in [-0.05, 0) is 72.7 Å². The van der Waals surface area contributed by atoms with E-state index in [2.05, 4.69) is 24.4 Å². The van der Waals surface area contributed by atoms with E-state index in [4.69, 9.17) is 17.2 Å². The van der Waals surface area contributed by atoms with Crippen molar-refractivity contribution in [3.05, 3.63) is 98.7 Å². The molecule has 1 N–H and O–H groups in total. The summed E-state index contributed by atoms with van der Waals surface area (Å²) >= 11 is 8.14. The summed E-state index contributed by atoms with van der Waals surface area (Å²) in [6, 6.07) is 25.0. The van der Waals surface area contributed by atoms with Crippen molar-refractivity contribution in [3.8, 4) is 11.4 Å². The van der Waals surface area contributed by atoms with Crippen LogP contribution < -0.4 is 15.8 Å². The Hall–Kier alpha value is -3.73. The molecule has 0 spiro atoms. The highest BCUT2D eigenvalue weighted by molar-refractivity contribution is 7.99. The number of hydrogen-bond donors (Lipinski definition) is 1. The van der Waals surface area contributed by atoms with Crippen LogP contribution in [0.4, 0.5) is 11.4 Å². The lowest BCUT2D eigenvalue weighted by molar-refractivity contribution is -0.113. The Morgan fingerprint density at radius 1 is 0.974 bits per heavy atom. The molecule has 198 valence electrons. The fourth-order valence-corrected chi connectivity index (χ4v) is 6.22. The number of aromatic nitrogens is 3. The van der Waals surface area contributed by atoms with Gasteiger partial charge in [0.25, 0.3) is 5.56 Å². The molecule has 0 unspecified atom stereocenters. The predicted octanol–water partition coefficient (Wildman–Crippen LogP) is 6.33. The van der Waals surface area contributed by atoms with Gasteiger partial charge in [-0.15, -0.1) is 0 Å². The SMILES string of the molecule is CCc1ccc(-n2c(=S)sc3c(=O)n(-c4ccccc4)c(SCC(=O)Nc4ccc(N(C)C)cc4)nc32)cc1. The van der Waals surface area contributed by atoms with Gasteiger partial charge in [-0.2, -0.15) is 0 Å². The molecule has 0 atom stereocenters. The number of anilines is 2. The smallest absolute Gasteiger partial charge is 0.278 e. The number of hydrogen-bond acceptors (Lipinski definition) is 7. The topological polar surface area (TPSA) is 72.2 Å². The zero-order valence-electron chi connectivity index (χ0n) is 21.7. The van der Waals surface area contributed by atoms with Gasteiger partial charge >= 0.3 is 0 Å². The fourth-order valence-electron chi connectivity index (χ4n) is 4.12. The molecule has 0 aliphatic rings. The second-order valence-corrected chi connectivity index (χ2v) is 11.6. The first-order valence-electron chi connectivity index (χ1n) is 12.4. The molecule has 0 fully saturated rings. The Kier molecular flexibility index (Phi) is 7.97. The Morgan fingerprint density at radius 3 is 2.28 bits per heavy atom. The van der Waals surface area contributed by atoms with Crippen LogP contribution in [0, 0.1) is 3.95 Å². The highest BCUT2D eigenvalue weighted by atomic mass is 32.2. The first-order valence-corrected chi connectivity index (χ1v) is 14.6. The van der Waals surface area contributed by atoms with E-state index in [-0.39, 0.29) is 17.2 Å². The minimum absolute atomic E-state index is 0.0796. The van der Waals surface area contributed by atoms with Gasteiger partial charge in [0.1, 0.15) is 4.70 Å². The summed E-state index contributed by atoms with van der Waals surface area (Å²) in [5.74, 6) is -0.111. The number of amides is 1. The first-order chi connectivity index (χ1) is 18.9. The molecule has 0 saturated carbocycles. The van der Waals surface area contributed by atoms with E-state index in [1.54, 1.807) is 4.57 Å². The monoisotopic (exact) mass is 573 g/mol. The molecule has 2 aromatic heterocycles. The maximum atomic E-state index is 13.8. The van der Waals surface area contributed by atoms with Crippen LogP contribution in [-0.4, -0.2) is 39.9 Å². The van der Waals surface area contributed by atoms with Crippen LogP contribution in [0.3, 0.4) is 0 Å². The van der Waals surface area contributed by atoms with E-state index < -0.39 is 0 Å². The highest BCUT2D eigenvalue weighted by Gasteiger charge is 2.20. The largest absolute Gasteiger partial charge is 0.378 e. The van der Waals surface area contributed by atoms with Gasteiger partial charge in [0.2, 0.25) is 5.91 Å². The number of thiazole rings is 1. The molecular formula is C29H27N5O2S3. The number of fused-ring (bicyclic) bond motifs is 1. The zero-order valence-corrected chi connectivity index (χ0v) is 24.2. The average Bonchev–Trinajstić information content (AvgIpc) is 3.28. The zero-order chi connectivity index (χ0) is 27.5. The highest BCUT2D eigenvalue weighted by Crippen LogP contribution is 2.28. The predicted molar refractivity (Wildman–Crippen MR) is 165 cm³/mol. The maximum Gasteiger partial charge on any atom is 0.278 e. The molecule has 0 radical (unpaired) electrons. The van der Waals surface area contributed by atoms with E-state index in [0.29, 0.717) is 30.8 Å². The molecule has 2 heterocycles. The number of nitrogens with one attached hydrogen (secondary N) is 1. The van der Waals surface area contributed by atoms with Crippen molar-refractivity contribution in [2.24, 2.45) is 0 Å². The van der Waals surface area contributed by atoms with Crippen molar-refractivity contribution >= 4 is 62.9 Å². The molecule has 39 heavy (non-hydrogen) atoms. The minimum Gasteiger partial charge on any atom is -0.378 e. The van der Waals surface area contributed by atoms with Crippen LogP contribution >= 0.6 is 35.3 Å². The molecule has 0 aliphatic carbocycles. The quantitative estimate of drug-likeness (QED) is 0.133. The van der Waals surface area contributed by atoms with E-state index in [1.807, 2.05) is 90.3 Å². The third-order valence-corrected chi connectivity index (χ3v) is 8.48. The number of rotatable bonds is 8. The number of carbonyl (C=O) groups is 1. The molecule has 0 aliphatic heterocycles. The normalized spacial score (nSPS) is 11.1. The lowest BCUT2D eigenvalue weighted by atomic mass is 10.1. The minimum atomic E-state index is -0.214. The van der Waals surface area contributed by atoms with Gasteiger partial charge in [0, 0.05) is 31.2 Å². The number of para-hydroxylation sites is 1. The first kappa shape index (κ1) is 26.9. The summed E-state index contributed by atoms with van der Waals surface area (Å²) in [5.41, 5.74) is 4.77. The van der Waals surface area contributed by atoms with Gasteiger partial charge in [0.05, 0.1) is 11.4 Å². The summed E-state index contributed by atoms with van der Waals surface area (Å²) in [4.78, 5) is 33.6. The van der Waals surface area contributed by atoms with Crippen molar-refractivity contribution in [2.45, 2.75) is 18.5 Å². The summed E-state index contributed by atoms with van der Waals surface area (Å²) in [7, 11) is 3.93. The summed E-state index contributed by atoms with van der Waals surface area (Å²) in [6.07, 6.45) is 0.929. The van der Waals surface area contributed by atoms with Gasteiger partial charge in [-0.1, -0.05) is 60.4 Å². The summed E-state index contributed by atoms with van der Waals surface area (Å²) < 4.78 is 4.40. The molecule has 3 aromatic carbocycles. The Morgan fingerprint density at radius 2 is 1.64 bits per heavy atom.